The predicted octanol–water partition coefficient (Wildman–Crippen LogP) is 2.56. The van der Waals surface area contributed by atoms with Crippen molar-refractivity contribution in [3.05, 3.63) is 33.6 Å². The Hall–Kier alpha value is -0.700. The van der Waals surface area contributed by atoms with E-state index in [2.05, 4.69) is 30.2 Å². The average Bonchev–Trinajstić information content (AvgIpc) is 3.04. The summed E-state index contributed by atoms with van der Waals surface area (Å²) in [4.78, 5) is 4.31. The number of halogens is 1. The molecule has 0 fully saturated rings. The number of nitrogens with zero attached hydrogens (tertiary/aromatic N) is 2. The van der Waals surface area contributed by atoms with Crippen molar-refractivity contribution in [1.82, 2.24) is 14.3 Å². The number of hydrogen-bond acceptors (Lipinski definition) is 4. The van der Waals surface area contributed by atoms with Gasteiger partial charge in [-0.2, -0.15) is 0 Å². The summed E-state index contributed by atoms with van der Waals surface area (Å²) in [7, 11) is -3.41. The maximum absolute atomic E-state index is 12.3. The second-order valence-corrected chi connectivity index (χ2v) is 9.63. The Labute approximate surface area is 136 Å². The zero-order valence-electron chi connectivity index (χ0n) is 11.5. The van der Waals surface area contributed by atoms with Crippen LogP contribution in [-0.2, 0) is 23.0 Å². The van der Waals surface area contributed by atoms with E-state index in [0.29, 0.717) is 16.7 Å². The minimum atomic E-state index is -3.41. The molecule has 2 aromatic rings. The second kappa shape index (κ2) is 5.83. The molecule has 21 heavy (non-hydrogen) atoms. The third-order valence-corrected chi connectivity index (χ3v) is 7.75. The number of thiophene rings is 1. The minimum absolute atomic E-state index is 0.305. The highest BCUT2D eigenvalue weighted by atomic mass is 79.9. The van der Waals surface area contributed by atoms with E-state index in [0.717, 1.165) is 34.6 Å². The summed E-state index contributed by atoms with van der Waals surface area (Å²) >= 11 is 4.61. The highest BCUT2D eigenvalue weighted by Crippen LogP contribution is 2.30. The maximum Gasteiger partial charge on any atom is 0.250 e. The number of fused-ring (bicyclic) bond motifs is 1. The van der Waals surface area contributed by atoms with Crippen LogP contribution in [0.3, 0.4) is 0 Å². The molecule has 1 unspecified atom stereocenters. The summed E-state index contributed by atoms with van der Waals surface area (Å²) in [6, 6.07) is 1.70. The van der Waals surface area contributed by atoms with E-state index in [9.17, 15) is 8.42 Å². The van der Waals surface area contributed by atoms with Crippen LogP contribution in [0.15, 0.2) is 26.5 Å². The number of rotatable bonds is 4. The molecule has 0 amide bonds. The molecule has 2 aromatic heterocycles. The van der Waals surface area contributed by atoms with E-state index < -0.39 is 10.0 Å². The Balaban J connectivity index is 1.65. The fourth-order valence-electron chi connectivity index (χ4n) is 2.45. The van der Waals surface area contributed by atoms with Crippen LogP contribution in [0.1, 0.15) is 17.8 Å². The lowest BCUT2D eigenvalue weighted by Crippen LogP contribution is -2.32. The molecule has 1 atom stereocenters. The third kappa shape index (κ3) is 3.23. The van der Waals surface area contributed by atoms with Crippen LogP contribution in [-0.4, -0.2) is 24.5 Å². The van der Waals surface area contributed by atoms with Crippen LogP contribution in [0, 0.1) is 12.8 Å². The lowest BCUT2D eigenvalue weighted by atomic mass is 9.98. The van der Waals surface area contributed by atoms with E-state index in [1.54, 1.807) is 12.3 Å². The lowest BCUT2D eigenvalue weighted by Gasteiger charge is -2.23. The zero-order chi connectivity index (χ0) is 15.0. The number of aryl methyl sites for hydroxylation is 2. The van der Waals surface area contributed by atoms with Crippen molar-refractivity contribution >= 4 is 37.3 Å². The molecule has 3 rings (SSSR count). The Bertz CT molecular complexity index is 732. The monoisotopic (exact) mass is 389 g/mol. The largest absolute Gasteiger partial charge is 0.335 e. The van der Waals surface area contributed by atoms with Gasteiger partial charge in [0.2, 0.25) is 10.0 Å². The van der Waals surface area contributed by atoms with Crippen molar-refractivity contribution in [1.29, 1.82) is 0 Å². The van der Waals surface area contributed by atoms with Gasteiger partial charge in [0.25, 0.3) is 0 Å². The molecule has 0 radical (unpaired) electrons. The number of aromatic nitrogens is 2. The lowest BCUT2D eigenvalue weighted by molar-refractivity contribution is 0.379. The Morgan fingerprint density at radius 2 is 2.38 bits per heavy atom. The molecule has 1 aliphatic heterocycles. The highest BCUT2D eigenvalue weighted by Gasteiger charge is 2.23. The summed E-state index contributed by atoms with van der Waals surface area (Å²) in [6.45, 7) is 3.26. The van der Waals surface area contributed by atoms with Gasteiger partial charge in [-0.15, -0.1) is 11.3 Å². The molecule has 0 bridgehead atoms. The molecule has 1 N–H and O–H groups in total. The van der Waals surface area contributed by atoms with E-state index >= 15 is 0 Å². The first-order valence-corrected chi connectivity index (χ1v) is 9.80. The van der Waals surface area contributed by atoms with Gasteiger partial charge < -0.3 is 4.57 Å². The van der Waals surface area contributed by atoms with Crippen LogP contribution in [0.25, 0.3) is 0 Å². The SMILES string of the molecule is Cc1cc(S(=O)(=O)NCC2CCn3ccnc3C2)sc1Br. The summed E-state index contributed by atoms with van der Waals surface area (Å²) < 4.78 is 30.7. The topological polar surface area (TPSA) is 64.0 Å². The van der Waals surface area contributed by atoms with Crippen molar-refractivity contribution in [2.45, 2.75) is 30.5 Å². The Morgan fingerprint density at radius 3 is 3.10 bits per heavy atom. The molecule has 8 heteroatoms. The number of hydrogen-bond donors (Lipinski definition) is 1. The molecule has 0 aliphatic carbocycles. The van der Waals surface area contributed by atoms with E-state index in [4.69, 9.17) is 0 Å². The van der Waals surface area contributed by atoms with Crippen molar-refractivity contribution in [2.75, 3.05) is 6.54 Å². The molecule has 0 saturated heterocycles. The molecular weight excluding hydrogens is 374 g/mol. The first kappa shape index (κ1) is 15.2. The van der Waals surface area contributed by atoms with Gasteiger partial charge in [0.05, 0.1) is 3.79 Å². The standard InChI is InChI=1S/C13H16BrN3O2S2/c1-9-6-12(20-13(9)14)21(18,19)16-8-10-2-4-17-5-3-15-11(17)7-10/h3,5-6,10,16H,2,4,7-8H2,1H3. The van der Waals surface area contributed by atoms with Gasteiger partial charge in [0.15, 0.2) is 0 Å². The first-order chi connectivity index (χ1) is 9.95. The van der Waals surface area contributed by atoms with Gasteiger partial charge in [-0.05, 0) is 46.8 Å². The zero-order valence-corrected chi connectivity index (χ0v) is 14.8. The highest BCUT2D eigenvalue weighted by molar-refractivity contribution is 9.11. The maximum atomic E-state index is 12.3. The minimum Gasteiger partial charge on any atom is -0.335 e. The molecule has 0 saturated carbocycles. The number of nitrogens with one attached hydrogen (secondary N) is 1. The van der Waals surface area contributed by atoms with Crippen LogP contribution in [0.5, 0.6) is 0 Å². The van der Waals surface area contributed by atoms with Crippen molar-refractivity contribution < 1.29 is 8.42 Å². The average molecular weight is 390 g/mol. The van der Waals surface area contributed by atoms with Gasteiger partial charge >= 0.3 is 0 Å². The smallest absolute Gasteiger partial charge is 0.250 e. The van der Waals surface area contributed by atoms with Crippen LogP contribution >= 0.6 is 27.3 Å². The predicted molar refractivity (Wildman–Crippen MR) is 86.0 cm³/mol. The second-order valence-electron chi connectivity index (χ2n) is 5.27. The summed E-state index contributed by atoms with van der Waals surface area (Å²) in [5.41, 5.74) is 0.945. The third-order valence-electron chi connectivity index (χ3n) is 3.71. The quantitative estimate of drug-likeness (QED) is 0.873. The van der Waals surface area contributed by atoms with Crippen LogP contribution < -0.4 is 4.72 Å². The summed E-state index contributed by atoms with van der Waals surface area (Å²) in [6.07, 6.45) is 5.57. The molecule has 0 aromatic carbocycles. The van der Waals surface area contributed by atoms with Gasteiger partial charge in [0, 0.05) is 31.9 Å². The van der Waals surface area contributed by atoms with Gasteiger partial charge in [-0.1, -0.05) is 0 Å². The number of sulfonamides is 1. The Kier molecular flexibility index (Phi) is 4.22. The summed E-state index contributed by atoms with van der Waals surface area (Å²) in [5.74, 6) is 1.35. The van der Waals surface area contributed by atoms with Crippen molar-refractivity contribution in [3.8, 4) is 0 Å². The van der Waals surface area contributed by atoms with Crippen LogP contribution in [0.4, 0.5) is 0 Å². The van der Waals surface area contributed by atoms with Gasteiger partial charge in [0.1, 0.15) is 10.0 Å². The van der Waals surface area contributed by atoms with E-state index in [1.807, 2.05) is 13.1 Å². The van der Waals surface area contributed by atoms with Crippen molar-refractivity contribution in [2.24, 2.45) is 5.92 Å². The first-order valence-electron chi connectivity index (χ1n) is 6.71. The molecule has 5 nitrogen and oxygen atoms in total. The number of imidazole rings is 1. The molecule has 114 valence electrons. The fourth-order valence-corrected chi connectivity index (χ4v) is 5.84. The van der Waals surface area contributed by atoms with Gasteiger partial charge in [-0.3, -0.25) is 0 Å². The van der Waals surface area contributed by atoms with E-state index in [1.165, 1.54) is 11.3 Å². The van der Waals surface area contributed by atoms with E-state index in [-0.39, 0.29) is 0 Å². The molecule has 1 aliphatic rings. The van der Waals surface area contributed by atoms with Crippen molar-refractivity contribution in [3.63, 3.8) is 0 Å². The van der Waals surface area contributed by atoms with Crippen LogP contribution in [0.2, 0.25) is 0 Å². The molecule has 3 heterocycles. The molecular formula is C13H16BrN3O2S2. The van der Waals surface area contributed by atoms with Gasteiger partial charge in [-0.25, -0.2) is 18.1 Å². The molecule has 0 spiro atoms. The normalized spacial score (nSPS) is 18.7. The summed E-state index contributed by atoms with van der Waals surface area (Å²) in [5, 5.41) is 0. The Morgan fingerprint density at radius 1 is 1.57 bits per heavy atom. The fraction of sp³-hybridized carbons (Fsp3) is 0.462.